The third-order valence-electron chi connectivity index (χ3n) is 3.79. The van der Waals surface area contributed by atoms with Crippen LogP contribution in [-0.2, 0) is 4.74 Å². The number of ether oxygens (including phenoxy) is 1. The summed E-state index contributed by atoms with van der Waals surface area (Å²) in [5.41, 5.74) is 0. The van der Waals surface area contributed by atoms with Crippen LogP contribution in [0.1, 0.15) is 13.3 Å². The van der Waals surface area contributed by atoms with Crippen LogP contribution in [-0.4, -0.2) is 94.6 Å². The second-order valence-electron chi connectivity index (χ2n) is 6.04. The number of methoxy groups -OCH3 is 1. The molecule has 1 saturated heterocycles. The molecule has 0 radical (unpaired) electrons. The highest BCUT2D eigenvalue weighted by Gasteiger charge is 2.34. The highest BCUT2D eigenvalue weighted by Crippen LogP contribution is 2.19. The number of aliphatic imine (C=N–C) groups is 1. The Morgan fingerprint density at radius 1 is 1.36 bits per heavy atom. The molecule has 2 N–H and O–H groups in total. The highest BCUT2D eigenvalue weighted by molar-refractivity contribution is 14.0. The molecular weight excluding hydrogens is 450 g/mol. The van der Waals surface area contributed by atoms with Gasteiger partial charge >= 0.3 is 6.18 Å². The molecule has 1 unspecified atom stereocenters. The summed E-state index contributed by atoms with van der Waals surface area (Å²) in [4.78, 5) is 8.05. The summed E-state index contributed by atoms with van der Waals surface area (Å²) in [6.45, 7) is 5.61. The molecule has 1 heterocycles. The van der Waals surface area contributed by atoms with Crippen LogP contribution >= 0.6 is 24.0 Å². The van der Waals surface area contributed by atoms with Gasteiger partial charge in [-0.3, -0.25) is 9.89 Å². The Kier molecular flexibility index (Phi) is 12.8. The van der Waals surface area contributed by atoms with Crippen molar-refractivity contribution < 1.29 is 17.9 Å². The molecule has 1 rings (SSSR count). The highest BCUT2D eigenvalue weighted by atomic mass is 127. The number of guanidine groups is 1. The fourth-order valence-electron chi connectivity index (χ4n) is 2.55. The molecule has 0 spiro atoms. The van der Waals surface area contributed by atoms with Gasteiger partial charge in [0.05, 0.1) is 19.7 Å². The maximum absolute atomic E-state index is 12.4. The van der Waals surface area contributed by atoms with Gasteiger partial charge in [0.2, 0.25) is 0 Å². The molecule has 0 bridgehead atoms. The van der Waals surface area contributed by atoms with E-state index >= 15 is 0 Å². The normalized spacial score (nSPS) is 19.2. The first-order chi connectivity index (χ1) is 11.3. The summed E-state index contributed by atoms with van der Waals surface area (Å²) < 4.78 is 42.3. The zero-order valence-electron chi connectivity index (χ0n) is 15.2. The molecule has 10 heteroatoms. The number of nitrogens with one attached hydrogen (secondary N) is 2. The zero-order chi connectivity index (χ0) is 18.0. The fraction of sp³-hybridized carbons (Fsp3) is 0.933. The van der Waals surface area contributed by atoms with Gasteiger partial charge in [0.15, 0.2) is 5.96 Å². The summed E-state index contributed by atoms with van der Waals surface area (Å²) >= 11 is 0. The minimum atomic E-state index is -4.14. The average molecular weight is 481 g/mol. The van der Waals surface area contributed by atoms with E-state index in [1.807, 2.05) is 14.0 Å². The van der Waals surface area contributed by atoms with Gasteiger partial charge in [0.25, 0.3) is 0 Å². The molecule has 0 aromatic carbocycles. The molecule has 0 aliphatic carbocycles. The van der Waals surface area contributed by atoms with Crippen LogP contribution in [0.4, 0.5) is 13.2 Å². The first kappa shape index (κ1) is 24.7. The van der Waals surface area contributed by atoms with E-state index in [-0.39, 0.29) is 30.0 Å². The lowest BCUT2D eigenvalue weighted by molar-refractivity contribution is -0.143. The van der Waals surface area contributed by atoms with Crippen LogP contribution < -0.4 is 10.6 Å². The maximum atomic E-state index is 12.4. The molecule has 0 amide bonds. The molecule has 1 atom stereocenters. The number of likely N-dealkylation sites (N-methyl/N-ethyl adjacent to an activating group) is 1. The van der Waals surface area contributed by atoms with Crippen LogP contribution in [0, 0.1) is 0 Å². The predicted octanol–water partition coefficient (Wildman–Crippen LogP) is 1.37. The van der Waals surface area contributed by atoms with Crippen molar-refractivity contribution in [2.75, 3.05) is 66.6 Å². The number of alkyl halides is 3. The summed E-state index contributed by atoms with van der Waals surface area (Å²) in [7, 11) is 3.67. The van der Waals surface area contributed by atoms with Crippen molar-refractivity contribution in [2.24, 2.45) is 4.99 Å². The number of likely N-dealkylation sites (tertiary alicyclic amines) is 1. The fourth-order valence-corrected chi connectivity index (χ4v) is 2.55. The van der Waals surface area contributed by atoms with Gasteiger partial charge in [0, 0.05) is 45.9 Å². The molecule has 1 aliphatic rings. The van der Waals surface area contributed by atoms with Crippen LogP contribution in [0.3, 0.4) is 0 Å². The lowest BCUT2D eigenvalue weighted by atomic mass is 10.3. The van der Waals surface area contributed by atoms with Gasteiger partial charge in [-0.15, -0.1) is 24.0 Å². The first-order valence-electron chi connectivity index (χ1n) is 8.35. The van der Waals surface area contributed by atoms with Crippen molar-refractivity contribution in [3.05, 3.63) is 0 Å². The Balaban J connectivity index is 0.00000576. The van der Waals surface area contributed by atoms with Crippen molar-refractivity contribution in [3.8, 4) is 0 Å². The SMILES string of the molecule is CCNC(=NCCN(C)CCOC)NC1CCN(CC(F)(F)F)C1.I. The minimum Gasteiger partial charge on any atom is -0.383 e. The third kappa shape index (κ3) is 11.8. The van der Waals surface area contributed by atoms with Crippen molar-refractivity contribution in [1.29, 1.82) is 0 Å². The van der Waals surface area contributed by atoms with E-state index in [0.29, 0.717) is 45.2 Å². The number of rotatable bonds is 9. The van der Waals surface area contributed by atoms with E-state index in [2.05, 4.69) is 20.5 Å². The Morgan fingerprint density at radius 2 is 2.08 bits per heavy atom. The number of halogens is 4. The molecule has 6 nitrogen and oxygen atoms in total. The second kappa shape index (κ2) is 12.9. The molecule has 0 saturated carbocycles. The molecule has 0 aromatic rings. The number of hydrogen-bond acceptors (Lipinski definition) is 4. The Morgan fingerprint density at radius 3 is 2.68 bits per heavy atom. The predicted molar refractivity (Wildman–Crippen MR) is 105 cm³/mol. The zero-order valence-corrected chi connectivity index (χ0v) is 17.6. The molecule has 25 heavy (non-hydrogen) atoms. The van der Waals surface area contributed by atoms with E-state index < -0.39 is 12.7 Å². The smallest absolute Gasteiger partial charge is 0.383 e. The van der Waals surface area contributed by atoms with E-state index in [4.69, 9.17) is 4.74 Å². The molecular formula is C15H31F3IN5O. The Bertz CT molecular complexity index is 385. The molecule has 1 fully saturated rings. The van der Waals surface area contributed by atoms with Crippen molar-refractivity contribution in [3.63, 3.8) is 0 Å². The summed E-state index contributed by atoms with van der Waals surface area (Å²) in [5, 5.41) is 6.38. The van der Waals surface area contributed by atoms with Gasteiger partial charge in [-0.05, 0) is 20.4 Å². The third-order valence-corrected chi connectivity index (χ3v) is 3.79. The van der Waals surface area contributed by atoms with Gasteiger partial charge in [-0.2, -0.15) is 13.2 Å². The topological polar surface area (TPSA) is 52.1 Å². The Labute approximate surface area is 165 Å². The second-order valence-corrected chi connectivity index (χ2v) is 6.04. The standard InChI is InChI=1S/C15H30F3N5O.HI/c1-4-19-14(20-6-8-22(2)9-10-24-3)21-13-5-7-23(11-13)12-15(16,17)18;/h13H,4-12H2,1-3H3,(H2,19,20,21);1H. The average Bonchev–Trinajstić information content (AvgIpc) is 2.90. The lowest BCUT2D eigenvalue weighted by Crippen LogP contribution is -2.45. The Hall–Kier alpha value is -0.330. The number of hydrogen-bond donors (Lipinski definition) is 2. The van der Waals surface area contributed by atoms with Crippen LogP contribution in [0.5, 0.6) is 0 Å². The van der Waals surface area contributed by atoms with Crippen molar-refractivity contribution in [2.45, 2.75) is 25.6 Å². The molecule has 150 valence electrons. The summed E-state index contributed by atoms with van der Waals surface area (Å²) in [6.07, 6.45) is -3.45. The lowest BCUT2D eigenvalue weighted by Gasteiger charge is -2.20. The van der Waals surface area contributed by atoms with E-state index in [9.17, 15) is 13.2 Å². The maximum Gasteiger partial charge on any atom is 0.401 e. The summed E-state index contributed by atoms with van der Waals surface area (Å²) in [6, 6.07) is -0.00336. The van der Waals surface area contributed by atoms with Gasteiger partial charge in [-0.1, -0.05) is 0 Å². The monoisotopic (exact) mass is 481 g/mol. The molecule has 1 aliphatic heterocycles. The van der Waals surface area contributed by atoms with Gasteiger partial charge < -0.3 is 20.3 Å². The van der Waals surface area contributed by atoms with Gasteiger partial charge in [-0.25, -0.2) is 0 Å². The van der Waals surface area contributed by atoms with Crippen LogP contribution in [0.15, 0.2) is 4.99 Å². The van der Waals surface area contributed by atoms with E-state index in [1.54, 1.807) is 7.11 Å². The van der Waals surface area contributed by atoms with Crippen LogP contribution in [0.2, 0.25) is 0 Å². The summed E-state index contributed by atoms with van der Waals surface area (Å²) in [5.74, 6) is 0.663. The quantitative estimate of drug-likeness (QED) is 0.296. The van der Waals surface area contributed by atoms with E-state index in [0.717, 1.165) is 13.1 Å². The van der Waals surface area contributed by atoms with Gasteiger partial charge in [0.1, 0.15) is 0 Å². The van der Waals surface area contributed by atoms with Crippen molar-refractivity contribution in [1.82, 2.24) is 20.4 Å². The van der Waals surface area contributed by atoms with Crippen molar-refractivity contribution >= 4 is 29.9 Å². The minimum absolute atomic E-state index is 0. The van der Waals surface area contributed by atoms with Crippen LogP contribution in [0.25, 0.3) is 0 Å². The van der Waals surface area contributed by atoms with E-state index in [1.165, 1.54) is 4.90 Å². The first-order valence-corrected chi connectivity index (χ1v) is 8.35. The largest absolute Gasteiger partial charge is 0.401 e. The number of nitrogens with zero attached hydrogens (tertiary/aromatic N) is 3. The molecule has 0 aromatic heterocycles.